The number of hydrogen-bond acceptors (Lipinski definition) is 3. The number of nitrogens with one attached hydrogen (secondary N) is 1. The molecule has 0 bridgehead atoms. The Balaban J connectivity index is 3.07. The van der Waals surface area contributed by atoms with Crippen LogP contribution in [0, 0.1) is 5.41 Å². The molecule has 1 heterocycles. The van der Waals surface area contributed by atoms with Crippen LogP contribution in [0.1, 0.15) is 26.7 Å². The summed E-state index contributed by atoms with van der Waals surface area (Å²) in [4.78, 5) is 4.01. The van der Waals surface area contributed by atoms with Gasteiger partial charge in [-0.05, 0) is 18.9 Å². The summed E-state index contributed by atoms with van der Waals surface area (Å²) in [5, 5.41) is 7.44. The van der Waals surface area contributed by atoms with Gasteiger partial charge in [-0.3, -0.25) is 10.4 Å². The zero-order valence-electron chi connectivity index (χ0n) is 8.98. The molecule has 0 aromatic carbocycles. The Kier molecular flexibility index (Phi) is 3.23. The van der Waals surface area contributed by atoms with E-state index in [0.717, 1.165) is 23.1 Å². The second-order valence-electron chi connectivity index (χ2n) is 3.29. The van der Waals surface area contributed by atoms with Crippen LogP contribution in [0.5, 0.6) is 0 Å². The number of hydrogen-bond donors (Lipinski definition) is 1. The molecule has 76 valence electrons. The standard InChI is InChI=1S/C11H16N2O/c1-5-7(2)8(3)9-6-10(12)14-11(9)13-4/h12H,2,5-6H2,1,3-4H3. The molecule has 1 aliphatic heterocycles. The number of aliphatic imine (C=N–C) groups is 1. The summed E-state index contributed by atoms with van der Waals surface area (Å²) in [5.74, 6) is 0.839. The first kappa shape index (κ1) is 10.7. The van der Waals surface area contributed by atoms with Crippen molar-refractivity contribution in [2.24, 2.45) is 4.99 Å². The van der Waals surface area contributed by atoms with E-state index in [1.54, 1.807) is 7.05 Å². The summed E-state index contributed by atoms with van der Waals surface area (Å²) in [6, 6.07) is 0. The lowest BCUT2D eigenvalue weighted by atomic mass is 10.00. The molecular formula is C11H16N2O. The van der Waals surface area contributed by atoms with Gasteiger partial charge in [-0.1, -0.05) is 19.1 Å². The van der Waals surface area contributed by atoms with Gasteiger partial charge >= 0.3 is 0 Å². The van der Waals surface area contributed by atoms with Crippen LogP contribution in [0.2, 0.25) is 0 Å². The van der Waals surface area contributed by atoms with Gasteiger partial charge in [0.1, 0.15) is 0 Å². The van der Waals surface area contributed by atoms with Gasteiger partial charge in [-0.25, -0.2) is 0 Å². The fourth-order valence-electron chi connectivity index (χ4n) is 1.40. The molecule has 0 spiro atoms. The highest BCUT2D eigenvalue weighted by molar-refractivity contribution is 6.10. The molecule has 0 atom stereocenters. The van der Waals surface area contributed by atoms with Crippen LogP contribution in [0.25, 0.3) is 0 Å². The van der Waals surface area contributed by atoms with E-state index in [-0.39, 0.29) is 5.90 Å². The zero-order valence-corrected chi connectivity index (χ0v) is 8.98. The van der Waals surface area contributed by atoms with Crippen LogP contribution in [0.4, 0.5) is 0 Å². The van der Waals surface area contributed by atoms with Crippen LogP contribution >= 0.6 is 0 Å². The zero-order chi connectivity index (χ0) is 10.7. The minimum absolute atomic E-state index is 0.267. The predicted octanol–water partition coefficient (Wildman–Crippen LogP) is 2.69. The summed E-state index contributed by atoms with van der Waals surface area (Å²) in [6.45, 7) is 8.05. The minimum Gasteiger partial charge on any atom is -0.425 e. The van der Waals surface area contributed by atoms with E-state index in [9.17, 15) is 0 Å². The molecule has 0 radical (unpaired) electrons. The van der Waals surface area contributed by atoms with Crippen molar-refractivity contribution in [3.05, 3.63) is 23.3 Å². The van der Waals surface area contributed by atoms with E-state index >= 15 is 0 Å². The van der Waals surface area contributed by atoms with E-state index in [0.29, 0.717) is 12.3 Å². The van der Waals surface area contributed by atoms with Crippen molar-refractivity contribution in [3.8, 4) is 0 Å². The van der Waals surface area contributed by atoms with Gasteiger partial charge in [-0.2, -0.15) is 0 Å². The van der Waals surface area contributed by atoms with Gasteiger partial charge in [0.05, 0.1) is 6.42 Å². The highest BCUT2D eigenvalue weighted by Crippen LogP contribution is 2.25. The fourth-order valence-corrected chi connectivity index (χ4v) is 1.40. The Bertz CT molecular complexity index is 337. The predicted molar refractivity (Wildman–Crippen MR) is 58.9 cm³/mol. The van der Waals surface area contributed by atoms with E-state index in [1.807, 2.05) is 6.92 Å². The monoisotopic (exact) mass is 192 g/mol. The van der Waals surface area contributed by atoms with Crippen molar-refractivity contribution in [1.82, 2.24) is 0 Å². The first-order valence-corrected chi connectivity index (χ1v) is 4.70. The molecule has 3 heteroatoms. The maximum atomic E-state index is 7.44. The number of nitrogens with zero attached hydrogens (tertiary/aromatic N) is 1. The Labute approximate surface area is 84.7 Å². The summed E-state index contributed by atoms with van der Waals surface area (Å²) >= 11 is 0. The lowest BCUT2D eigenvalue weighted by Gasteiger charge is -2.05. The Morgan fingerprint density at radius 2 is 2.29 bits per heavy atom. The molecule has 1 rings (SSSR count). The third-order valence-corrected chi connectivity index (χ3v) is 2.43. The first-order valence-electron chi connectivity index (χ1n) is 4.70. The maximum absolute atomic E-state index is 7.44. The van der Waals surface area contributed by atoms with Crippen LogP contribution in [0.15, 0.2) is 28.3 Å². The normalized spacial score (nSPS) is 22.5. The highest BCUT2D eigenvalue weighted by atomic mass is 16.5. The second kappa shape index (κ2) is 4.22. The van der Waals surface area contributed by atoms with Gasteiger partial charge in [0.15, 0.2) is 5.90 Å². The number of rotatable bonds is 2. The summed E-state index contributed by atoms with van der Waals surface area (Å²) in [6.07, 6.45) is 1.46. The quantitative estimate of drug-likeness (QED) is 0.718. The van der Waals surface area contributed by atoms with Crippen LogP contribution < -0.4 is 0 Å². The summed E-state index contributed by atoms with van der Waals surface area (Å²) in [5.41, 5.74) is 3.19. The summed E-state index contributed by atoms with van der Waals surface area (Å²) < 4.78 is 5.17. The lowest BCUT2D eigenvalue weighted by molar-refractivity contribution is 0.553. The molecule has 0 aromatic rings. The fraction of sp³-hybridized carbons (Fsp3) is 0.455. The van der Waals surface area contributed by atoms with Gasteiger partial charge < -0.3 is 4.74 Å². The highest BCUT2D eigenvalue weighted by Gasteiger charge is 2.24. The van der Waals surface area contributed by atoms with Crippen molar-refractivity contribution in [3.63, 3.8) is 0 Å². The van der Waals surface area contributed by atoms with Crippen molar-refractivity contribution in [2.45, 2.75) is 26.7 Å². The van der Waals surface area contributed by atoms with Crippen molar-refractivity contribution in [2.75, 3.05) is 7.05 Å². The molecule has 0 saturated carbocycles. The molecule has 0 aliphatic carbocycles. The molecular weight excluding hydrogens is 176 g/mol. The van der Waals surface area contributed by atoms with Crippen molar-refractivity contribution < 1.29 is 4.74 Å². The molecule has 0 aromatic heterocycles. The van der Waals surface area contributed by atoms with E-state index in [2.05, 4.69) is 18.5 Å². The average Bonchev–Trinajstić information content (AvgIpc) is 2.57. The largest absolute Gasteiger partial charge is 0.425 e. The molecule has 1 saturated heterocycles. The lowest BCUT2D eigenvalue weighted by Crippen LogP contribution is -2.00. The van der Waals surface area contributed by atoms with Gasteiger partial charge in [0.2, 0.25) is 5.90 Å². The van der Waals surface area contributed by atoms with Crippen LogP contribution in [0.3, 0.4) is 0 Å². The molecule has 3 nitrogen and oxygen atoms in total. The second-order valence-corrected chi connectivity index (χ2v) is 3.29. The Hall–Kier alpha value is -1.38. The molecule has 1 fully saturated rings. The van der Waals surface area contributed by atoms with Crippen molar-refractivity contribution in [1.29, 1.82) is 5.41 Å². The number of ether oxygens (including phenoxy) is 1. The molecule has 1 aliphatic rings. The Morgan fingerprint density at radius 1 is 1.64 bits per heavy atom. The molecule has 0 unspecified atom stereocenters. The van der Waals surface area contributed by atoms with E-state index in [1.165, 1.54) is 0 Å². The van der Waals surface area contributed by atoms with Crippen LogP contribution in [-0.2, 0) is 4.74 Å². The molecule has 0 amide bonds. The minimum atomic E-state index is 0.267. The summed E-state index contributed by atoms with van der Waals surface area (Å²) in [7, 11) is 1.68. The van der Waals surface area contributed by atoms with Crippen LogP contribution in [-0.4, -0.2) is 18.8 Å². The van der Waals surface area contributed by atoms with Gasteiger partial charge in [-0.15, -0.1) is 0 Å². The molecule has 1 N–H and O–H groups in total. The van der Waals surface area contributed by atoms with Crippen molar-refractivity contribution >= 4 is 11.8 Å². The van der Waals surface area contributed by atoms with Gasteiger partial charge in [0.25, 0.3) is 0 Å². The Morgan fingerprint density at radius 3 is 2.79 bits per heavy atom. The molecule has 14 heavy (non-hydrogen) atoms. The van der Waals surface area contributed by atoms with E-state index < -0.39 is 0 Å². The third-order valence-electron chi connectivity index (χ3n) is 2.43. The van der Waals surface area contributed by atoms with E-state index in [4.69, 9.17) is 10.1 Å². The smallest absolute Gasteiger partial charge is 0.220 e. The SMILES string of the molecule is C=C(CC)C(C)=C1CC(=N)OC1=NC. The average molecular weight is 192 g/mol. The number of allylic oxidation sites excluding steroid dienone is 2. The third kappa shape index (κ3) is 1.92. The topological polar surface area (TPSA) is 45.4 Å². The maximum Gasteiger partial charge on any atom is 0.220 e. The van der Waals surface area contributed by atoms with Gasteiger partial charge in [0, 0.05) is 12.6 Å². The first-order chi connectivity index (χ1) is 6.60.